The number of pyridine rings is 1. The summed E-state index contributed by atoms with van der Waals surface area (Å²) in [5.74, 6) is 0.287. The van der Waals surface area contributed by atoms with Crippen LogP contribution in [0.2, 0.25) is 0 Å². The van der Waals surface area contributed by atoms with Crippen LogP contribution in [0.15, 0.2) is 22.6 Å². The van der Waals surface area contributed by atoms with Crippen molar-refractivity contribution >= 4 is 17.0 Å². The Hall–Kier alpha value is -1.92. The Morgan fingerprint density at radius 1 is 1.25 bits per heavy atom. The number of fused-ring (bicyclic) bond motifs is 1. The van der Waals surface area contributed by atoms with Crippen LogP contribution >= 0.6 is 0 Å². The number of carbonyl (C=O) groups excluding carboxylic acids is 1. The third-order valence-electron chi connectivity index (χ3n) is 5.24. The zero-order chi connectivity index (χ0) is 16.7. The van der Waals surface area contributed by atoms with Crippen LogP contribution in [0.1, 0.15) is 35.5 Å². The van der Waals surface area contributed by atoms with Crippen LogP contribution in [-0.2, 0) is 0 Å². The zero-order valence-electron chi connectivity index (χ0n) is 13.9. The molecule has 1 aliphatic carbocycles. The van der Waals surface area contributed by atoms with Crippen molar-refractivity contribution in [1.29, 1.82) is 0 Å². The Bertz CT molecular complexity index is 749. The second-order valence-corrected chi connectivity index (χ2v) is 6.84. The van der Waals surface area contributed by atoms with E-state index in [9.17, 15) is 9.90 Å². The smallest absolute Gasteiger partial charge is 0.289 e. The first kappa shape index (κ1) is 15.6. The molecule has 1 saturated heterocycles. The number of amides is 1. The summed E-state index contributed by atoms with van der Waals surface area (Å²) in [7, 11) is 0. The van der Waals surface area contributed by atoms with Crippen molar-refractivity contribution in [3.8, 4) is 0 Å². The van der Waals surface area contributed by atoms with Crippen molar-refractivity contribution in [2.24, 2.45) is 0 Å². The van der Waals surface area contributed by atoms with Crippen molar-refractivity contribution in [2.75, 3.05) is 26.2 Å². The van der Waals surface area contributed by atoms with Crippen LogP contribution in [0.4, 0.5) is 0 Å². The molecule has 1 amide bonds. The molecule has 2 aromatic rings. The Kier molecular flexibility index (Phi) is 4.02. The number of carbonyl (C=O) groups is 1. The number of aliphatic hydroxyl groups excluding tert-OH is 1. The monoisotopic (exact) mass is 329 g/mol. The number of rotatable bonds is 2. The summed E-state index contributed by atoms with van der Waals surface area (Å²) in [5, 5.41) is 10.1. The molecule has 2 unspecified atom stereocenters. The lowest BCUT2D eigenvalue weighted by Crippen LogP contribution is -2.53. The van der Waals surface area contributed by atoms with E-state index in [0.29, 0.717) is 24.4 Å². The summed E-state index contributed by atoms with van der Waals surface area (Å²) in [6.45, 7) is 4.89. The molecule has 3 heterocycles. The van der Waals surface area contributed by atoms with Gasteiger partial charge in [0.1, 0.15) is 5.52 Å². The molecule has 0 radical (unpaired) electrons. The SMILES string of the molecule is Cc1ccc2oc(C(=O)N3CCN(C4CCCC4O)CC3)cc2n1. The quantitative estimate of drug-likeness (QED) is 0.910. The van der Waals surface area contributed by atoms with Gasteiger partial charge in [-0.3, -0.25) is 9.69 Å². The number of nitrogens with zero attached hydrogens (tertiary/aromatic N) is 3. The summed E-state index contributed by atoms with van der Waals surface area (Å²) in [6.07, 6.45) is 2.84. The van der Waals surface area contributed by atoms with Gasteiger partial charge in [-0.2, -0.15) is 0 Å². The van der Waals surface area contributed by atoms with Crippen LogP contribution in [0, 0.1) is 6.92 Å². The average Bonchev–Trinajstić information content (AvgIpc) is 3.20. The minimum absolute atomic E-state index is 0.0720. The topological polar surface area (TPSA) is 69.8 Å². The van der Waals surface area contributed by atoms with E-state index in [1.54, 1.807) is 6.07 Å². The summed E-state index contributed by atoms with van der Waals surface area (Å²) < 4.78 is 5.67. The fourth-order valence-corrected chi connectivity index (χ4v) is 3.89. The third kappa shape index (κ3) is 2.80. The Labute approximate surface area is 141 Å². The van der Waals surface area contributed by atoms with Gasteiger partial charge in [0.05, 0.1) is 6.10 Å². The first-order chi connectivity index (χ1) is 11.6. The van der Waals surface area contributed by atoms with Crippen molar-refractivity contribution in [1.82, 2.24) is 14.8 Å². The second-order valence-electron chi connectivity index (χ2n) is 6.84. The fraction of sp³-hybridized carbons (Fsp3) is 0.556. The lowest BCUT2D eigenvalue weighted by molar-refractivity contribution is 0.0303. The minimum Gasteiger partial charge on any atom is -0.449 e. The summed E-state index contributed by atoms with van der Waals surface area (Å²) in [4.78, 5) is 21.2. The predicted molar refractivity (Wildman–Crippen MR) is 89.9 cm³/mol. The number of hydrogen-bond donors (Lipinski definition) is 1. The normalized spacial score (nSPS) is 25.5. The summed E-state index contributed by atoms with van der Waals surface area (Å²) in [5.41, 5.74) is 2.29. The van der Waals surface area contributed by atoms with E-state index >= 15 is 0 Å². The van der Waals surface area contributed by atoms with Crippen molar-refractivity contribution in [2.45, 2.75) is 38.3 Å². The van der Waals surface area contributed by atoms with E-state index in [1.807, 2.05) is 24.0 Å². The van der Waals surface area contributed by atoms with Gasteiger partial charge in [-0.05, 0) is 38.3 Å². The van der Waals surface area contributed by atoms with Crippen molar-refractivity contribution in [3.63, 3.8) is 0 Å². The first-order valence-electron chi connectivity index (χ1n) is 8.70. The van der Waals surface area contributed by atoms with Crippen molar-refractivity contribution in [3.05, 3.63) is 29.7 Å². The highest BCUT2D eigenvalue weighted by molar-refractivity contribution is 5.95. The molecular weight excluding hydrogens is 306 g/mol. The van der Waals surface area contributed by atoms with Gasteiger partial charge in [-0.15, -0.1) is 0 Å². The lowest BCUT2D eigenvalue weighted by Gasteiger charge is -2.38. The van der Waals surface area contributed by atoms with Crippen molar-refractivity contribution < 1.29 is 14.3 Å². The molecule has 6 nitrogen and oxygen atoms in total. The molecule has 4 rings (SSSR count). The van der Waals surface area contributed by atoms with Gasteiger partial charge in [-0.25, -0.2) is 4.98 Å². The second kappa shape index (κ2) is 6.18. The van der Waals surface area contributed by atoms with E-state index in [4.69, 9.17) is 4.42 Å². The molecule has 1 aliphatic heterocycles. The van der Waals surface area contributed by atoms with Gasteiger partial charge in [0.2, 0.25) is 0 Å². The minimum atomic E-state index is -0.211. The van der Waals surface area contributed by atoms with Gasteiger partial charge >= 0.3 is 0 Å². The van der Waals surface area contributed by atoms with Gasteiger partial charge in [-0.1, -0.05) is 0 Å². The number of aromatic nitrogens is 1. The Morgan fingerprint density at radius 3 is 2.75 bits per heavy atom. The van der Waals surface area contributed by atoms with Gasteiger partial charge in [0.15, 0.2) is 11.3 Å². The van der Waals surface area contributed by atoms with Crippen LogP contribution in [0.25, 0.3) is 11.1 Å². The van der Waals surface area contributed by atoms with Crippen LogP contribution in [-0.4, -0.2) is 64.1 Å². The van der Waals surface area contributed by atoms with Crippen LogP contribution in [0.3, 0.4) is 0 Å². The highest BCUT2D eigenvalue weighted by Gasteiger charge is 2.34. The van der Waals surface area contributed by atoms with Crippen LogP contribution < -0.4 is 0 Å². The molecule has 2 fully saturated rings. The maximum Gasteiger partial charge on any atom is 0.289 e. The predicted octanol–water partition coefficient (Wildman–Crippen LogP) is 1.81. The molecular formula is C18H23N3O3. The standard InChI is InChI=1S/C18H23N3O3/c1-12-5-6-16-13(19-12)11-17(24-16)18(23)21-9-7-20(8-10-21)14-3-2-4-15(14)22/h5-6,11,14-15,22H,2-4,7-10H2,1H3. The van der Waals surface area contributed by atoms with E-state index in [2.05, 4.69) is 9.88 Å². The van der Waals surface area contributed by atoms with Crippen LogP contribution in [0.5, 0.6) is 0 Å². The molecule has 6 heteroatoms. The molecule has 128 valence electrons. The summed E-state index contributed by atoms with van der Waals surface area (Å²) in [6, 6.07) is 5.73. The molecule has 24 heavy (non-hydrogen) atoms. The van der Waals surface area contributed by atoms with Gasteiger partial charge in [0.25, 0.3) is 5.91 Å². The number of furan rings is 1. The zero-order valence-corrected chi connectivity index (χ0v) is 13.9. The largest absolute Gasteiger partial charge is 0.449 e. The number of aliphatic hydroxyl groups is 1. The molecule has 2 aromatic heterocycles. The number of hydrogen-bond acceptors (Lipinski definition) is 5. The molecule has 0 aromatic carbocycles. The molecule has 1 N–H and O–H groups in total. The number of aryl methyl sites for hydroxylation is 1. The molecule has 0 spiro atoms. The maximum atomic E-state index is 12.7. The summed E-state index contributed by atoms with van der Waals surface area (Å²) >= 11 is 0. The molecule has 1 saturated carbocycles. The van der Waals surface area contributed by atoms with E-state index < -0.39 is 0 Å². The average molecular weight is 329 g/mol. The molecule has 0 bridgehead atoms. The van der Waals surface area contributed by atoms with E-state index in [-0.39, 0.29) is 18.1 Å². The maximum absolute atomic E-state index is 12.7. The van der Waals surface area contributed by atoms with Gasteiger partial charge in [0, 0.05) is 44.0 Å². The number of piperazine rings is 1. The molecule has 2 aliphatic rings. The lowest BCUT2D eigenvalue weighted by atomic mass is 10.1. The van der Waals surface area contributed by atoms with E-state index in [0.717, 1.165) is 43.6 Å². The van der Waals surface area contributed by atoms with Gasteiger partial charge < -0.3 is 14.4 Å². The molecule has 2 atom stereocenters. The first-order valence-corrected chi connectivity index (χ1v) is 8.70. The fourth-order valence-electron chi connectivity index (χ4n) is 3.89. The Balaban J connectivity index is 1.43. The highest BCUT2D eigenvalue weighted by Crippen LogP contribution is 2.26. The third-order valence-corrected chi connectivity index (χ3v) is 5.24. The Morgan fingerprint density at radius 2 is 2.04 bits per heavy atom. The van der Waals surface area contributed by atoms with E-state index in [1.165, 1.54) is 0 Å². The highest BCUT2D eigenvalue weighted by atomic mass is 16.3.